The third-order valence-corrected chi connectivity index (χ3v) is 2.86. The van der Waals surface area contributed by atoms with Crippen molar-refractivity contribution in [2.45, 2.75) is 26.3 Å². The summed E-state index contributed by atoms with van der Waals surface area (Å²) in [6, 6.07) is 0. The summed E-state index contributed by atoms with van der Waals surface area (Å²) in [4.78, 5) is 28.4. The van der Waals surface area contributed by atoms with Crippen molar-refractivity contribution in [3.05, 3.63) is 0 Å². The largest absolute Gasteiger partial charge is 0.367 e. The van der Waals surface area contributed by atoms with Crippen LogP contribution in [0.5, 0.6) is 0 Å². The van der Waals surface area contributed by atoms with Gasteiger partial charge in [0, 0.05) is 7.05 Å². The fourth-order valence-corrected chi connectivity index (χ4v) is 1.53. The summed E-state index contributed by atoms with van der Waals surface area (Å²) >= 11 is 0. The number of carbonyl (C=O) groups excluding carboxylic acids is 2. The van der Waals surface area contributed by atoms with Crippen LogP contribution in [0, 0.1) is 5.41 Å². The maximum absolute atomic E-state index is 11.6. The van der Waals surface area contributed by atoms with E-state index in [0.29, 0.717) is 13.1 Å². The molecule has 1 aliphatic rings. The maximum Gasteiger partial charge on any atom is 0.330 e. The zero-order valence-electron chi connectivity index (χ0n) is 11.1. The molecule has 0 aliphatic carbocycles. The molecule has 2 N–H and O–H groups in total. The van der Waals surface area contributed by atoms with Crippen molar-refractivity contribution in [2.24, 2.45) is 5.41 Å². The average Bonchev–Trinajstić information content (AvgIpc) is 2.20. The molecule has 17 heavy (non-hydrogen) atoms. The molecular formula is C11H21N3O3. The second kappa shape index (κ2) is 4.62. The van der Waals surface area contributed by atoms with Crippen molar-refractivity contribution in [1.29, 1.82) is 0 Å². The van der Waals surface area contributed by atoms with E-state index in [1.807, 2.05) is 0 Å². The fraction of sp³-hybridized carbons (Fsp3) is 0.818. The molecule has 1 heterocycles. The summed E-state index contributed by atoms with van der Waals surface area (Å²) in [5.74, 6) is -0.387. The molecular weight excluding hydrogens is 222 g/mol. The van der Waals surface area contributed by atoms with Crippen LogP contribution in [0.25, 0.3) is 0 Å². The van der Waals surface area contributed by atoms with Crippen molar-refractivity contribution in [3.8, 4) is 0 Å². The summed E-state index contributed by atoms with van der Waals surface area (Å²) < 4.78 is 0. The smallest absolute Gasteiger partial charge is 0.330 e. The third kappa shape index (κ3) is 2.76. The van der Waals surface area contributed by atoms with Gasteiger partial charge in [0.05, 0.1) is 18.5 Å². The molecule has 6 heteroatoms. The number of nitrogens with zero attached hydrogens (tertiary/aromatic N) is 1. The Hall–Kier alpha value is -1.14. The molecule has 0 unspecified atom stereocenters. The number of hydroxylamine groups is 2. The first kappa shape index (κ1) is 13.9. The van der Waals surface area contributed by atoms with Crippen LogP contribution < -0.4 is 10.6 Å². The van der Waals surface area contributed by atoms with Crippen LogP contribution in [0.15, 0.2) is 0 Å². The van der Waals surface area contributed by atoms with Gasteiger partial charge in [-0.1, -0.05) is 0 Å². The van der Waals surface area contributed by atoms with Crippen molar-refractivity contribution >= 4 is 11.9 Å². The van der Waals surface area contributed by atoms with Gasteiger partial charge in [-0.15, -0.1) is 5.06 Å². The first-order valence-electron chi connectivity index (χ1n) is 5.63. The lowest BCUT2D eigenvalue weighted by Gasteiger charge is -2.46. The lowest BCUT2D eigenvalue weighted by atomic mass is 9.91. The second-order valence-electron chi connectivity index (χ2n) is 5.34. The highest BCUT2D eigenvalue weighted by Crippen LogP contribution is 2.24. The zero-order valence-corrected chi connectivity index (χ0v) is 11.1. The fourth-order valence-electron chi connectivity index (χ4n) is 1.53. The number of carbonyl (C=O) groups is 2. The van der Waals surface area contributed by atoms with Crippen LogP contribution in [0.1, 0.15) is 20.8 Å². The number of hydrogen-bond acceptors (Lipinski definition) is 5. The molecule has 1 amide bonds. The van der Waals surface area contributed by atoms with Gasteiger partial charge in [-0.2, -0.15) is 0 Å². The topological polar surface area (TPSA) is 70.7 Å². The Bertz CT molecular complexity index is 316. The van der Waals surface area contributed by atoms with Crippen LogP contribution in [0.2, 0.25) is 0 Å². The molecule has 0 aromatic rings. The second-order valence-corrected chi connectivity index (χ2v) is 5.34. The van der Waals surface area contributed by atoms with Gasteiger partial charge in [-0.05, 0) is 27.8 Å². The van der Waals surface area contributed by atoms with Crippen molar-refractivity contribution in [3.63, 3.8) is 0 Å². The number of amides is 1. The van der Waals surface area contributed by atoms with Gasteiger partial charge in [0.1, 0.15) is 5.54 Å². The summed E-state index contributed by atoms with van der Waals surface area (Å²) in [6.45, 7) is 6.10. The Morgan fingerprint density at radius 1 is 1.24 bits per heavy atom. The van der Waals surface area contributed by atoms with Crippen LogP contribution in [0.3, 0.4) is 0 Å². The van der Waals surface area contributed by atoms with Crippen molar-refractivity contribution in [2.75, 3.05) is 27.2 Å². The minimum absolute atomic E-state index is 0.0944. The van der Waals surface area contributed by atoms with Crippen LogP contribution >= 0.6 is 0 Å². The number of likely N-dealkylation sites (N-methyl/N-ethyl adjacent to an activating group) is 2. The molecule has 1 rings (SSSR count). The summed E-state index contributed by atoms with van der Waals surface area (Å²) in [5.41, 5.74) is -1.18. The number of nitrogens with one attached hydrogen (secondary N) is 2. The van der Waals surface area contributed by atoms with E-state index in [-0.39, 0.29) is 11.9 Å². The normalized spacial score (nSPS) is 19.4. The van der Waals surface area contributed by atoms with Crippen LogP contribution in [0.4, 0.5) is 0 Å². The van der Waals surface area contributed by atoms with E-state index in [1.165, 1.54) is 5.06 Å². The van der Waals surface area contributed by atoms with E-state index in [2.05, 4.69) is 10.6 Å². The number of rotatable bonds is 3. The first-order valence-corrected chi connectivity index (χ1v) is 5.63. The van der Waals surface area contributed by atoms with E-state index < -0.39 is 11.0 Å². The van der Waals surface area contributed by atoms with Crippen LogP contribution in [-0.2, 0) is 14.4 Å². The average molecular weight is 243 g/mol. The molecule has 6 nitrogen and oxygen atoms in total. The predicted molar refractivity (Wildman–Crippen MR) is 63.0 cm³/mol. The molecule has 0 bridgehead atoms. The molecule has 1 saturated heterocycles. The van der Waals surface area contributed by atoms with Gasteiger partial charge in [-0.3, -0.25) is 4.79 Å². The third-order valence-electron chi connectivity index (χ3n) is 2.86. The highest BCUT2D eigenvalue weighted by molar-refractivity contribution is 5.88. The number of hydrogen-bond donors (Lipinski definition) is 2. The van der Waals surface area contributed by atoms with Crippen molar-refractivity contribution in [1.82, 2.24) is 15.7 Å². The Morgan fingerprint density at radius 3 is 2.12 bits per heavy atom. The molecule has 0 saturated carbocycles. The highest BCUT2D eigenvalue weighted by atomic mass is 16.7. The van der Waals surface area contributed by atoms with E-state index >= 15 is 0 Å². The summed E-state index contributed by atoms with van der Waals surface area (Å²) in [5, 5.41) is 7.06. The Kier molecular flexibility index (Phi) is 3.78. The Balaban J connectivity index is 2.51. The van der Waals surface area contributed by atoms with Gasteiger partial charge >= 0.3 is 5.97 Å². The van der Waals surface area contributed by atoms with Gasteiger partial charge in [0.15, 0.2) is 0 Å². The minimum atomic E-state index is -0.646. The quantitative estimate of drug-likeness (QED) is 0.700. The molecule has 98 valence electrons. The predicted octanol–water partition coefficient (Wildman–Crippen LogP) is -0.489. The standard InChI is InChI=1S/C11H21N3O3/c1-10(2,3)9(16)17-14-6-11(7-14,13-5)8(15)12-4/h13H,6-7H2,1-5H3,(H,12,15). The van der Waals surface area contributed by atoms with Gasteiger partial charge in [0.2, 0.25) is 5.91 Å². The van der Waals surface area contributed by atoms with Gasteiger partial charge < -0.3 is 15.5 Å². The summed E-state index contributed by atoms with van der Waals surface area (Å²) in [7, 11) is 3.31. The first-order chi connectivity index (χ1) is 7.75. The molecule has 0 aromatic carbocycles. The SMILES string of the molecule is CNC(=O)C1(NC)CN(OC(=O)C(C)(C)C)C1. The summed E-state index contributed by atoms with van der Waals surface area (Å²) in [6.07, 6.45) is 0. The molecule has 0 aromatic heterocycles. The Labute approximate surface area is 102 Å². The lowest BCUT2D eigenvalue weighted by Crippen LogP contribution is -2.74. The Morgan fingerprint density at radius 2 is 1.76 bits per heavy atom. The highest BCUT2D eigenvalue weighted by Gasteiger charge is 2.50. The van der Waals surface area contributed by atoms with E-state index in [9.17, 15) is 9.59 Å². The van der Waals surface area contributed by atoms with Crippen molar-refractivity contribution < 1.29 is 14.4 Å². The maximum atomic E-state index is 11.6. The monoisotopic (exact) mass is 243 g/mol. The molecule has 1 fully saturated rings. The van der Waals surface area contributed by atoms with E-state index in [4.69, 9.17) is 4.84 Å². The zero-order chi connectivity index (χ0) is 13.3. The van der Waals surface area contributed by atoms with Gasteiger partial charge in [0.25, 0.3) is 0 Å². The molecule has 0 atom stereocenters. The minimum Gasteiger partial charge on any atom is -0.367 e. The lowest BCUT2D eigenvalue weighted by molar-refractivity contribution is -0.234. The van der Waals surface area contributed by atoms with Gasteiger partial charge in [-0.25, -0.2) is 4.79 Å². The molecule has 0 spiro atoms. The van der Waals surface area contributed by atoms with Crippen LogP contribution in [-0.4, -0.2) is 49.7 Å². The molecule has 0 radical (unpaired) electrons. The van der Waals surface area contributed by atoms with E-state index in [1.54, 1.807) is 34.9 Å². The van der Waals surface area contributed by atoms with E-state index in [0.717, 1.165) is 0 Å². The molecule has 1 aliphatic heterocycles.